The summed E-state index contributed by atoms with van der Waals surface area (Å²) in [5.41, 5.74) is 1.64. The zero-order chi connectivity index (χ0) is 26.5. The summed E-state index contributed by atoms with van der Waals surface area (Å²) in [7, 11) is -3.81. The van der Waals surface area contributed by atoms with E-state index in [0.717, 1.165) is 41.8 Å². The summed E-state index contributed by atoms with van der Waals surface area (Å²) >= 11 is 0. The highest BCUT2D eigenvalue weighted by atomic mass is 32.2. The Bertz CT molecular complexity index is 1160. The Morgan fingerprint density at radius 2 is 1.64 bits per heavy atom. The molecule has 0 radical (unpaired) electrons. The van der Waals surface area contributed by atoms with Crippen molar-refractivity contribution in [1.29, 1.82) is 0 Å². The number of rotatable bonds is 10. The monoisotopic (exact) mass is 517 g/mol. The molecule has 0 spiro atoms. The third-order valence-corrected chi connectivity index (χ3v) is 7.83. The van der Waals surface area contributed by atoms with E-state index in [1.807, 2.05) is 26.0 Å². The number of hydrogen-bond donors (Lipinski definition) is 1. The van der Waals surface area contributed by atoms with E-state index in [9.17, 15) is 22.4 Å². The Morgan fingerprint density at radius 1 is 1.03 bits per heavy atom. The summed E-state index contributed by atoms with van der Waals surface area (Å²) in [6, 6.07) is 12.2. The molecule has 7 nitrogen and oxygen atoms in total. The van der Waals surface area contributed by atoms with Gasteiger partial charge < -0.3 is 10.2 Å². The predicted molar refractivity (Wildman–Crippen MR) is 140 cm³/mol. The van der Waals surface area contributed by atoms with E-state index in [1.165, 1.54) is 11.0 Å². The Hall–Kier alpha value is -2.94. The Morgan fingerprint density at radius 3 is 2.19 bits per heavy atom. The molecule has 1 atom stereocenters. The van der Waals surface area contributed by atoms with E-state index in [2.05, 4.69) is 5.32 Å². The van der Waals surface area contributed by atoms with Crippen molar-refractivity contribution >= 4 is 27.5 Å². The summed E-state index contributed by atoms with van der Waals surface area (Å²) in [5, 5.41) is 2.99. The predicted octanol–water partition coefficient (Wildman–Crippen LogP) is 4.19. The Balaban J connectivity index is 1.88. The fourth-order valence-electron chi connectivity index (χ4n) is 4.42. The fraction of sp³-hybridized carbons (Fsp3) is 0.481. The minimum absolute atomic E-state index is 0.0531. The van der Waals surface area contributed by atoms with Gasteiger partial charge in [0.05, 0.1) is 11.9 Å². The van der Waals surface area contributed by atoms with Crippen molar-refractivity contribution in [1.82, 2.24) is 10.2 Å². The molecule has 2 aromatic rings. The molecule has 0 aliphatic heterocycles. The lowest BCUT2D eigenvalue weighted by molar-refractivity contribution is -0.139. The lowest BCUT2D eigenvalue weighted by Gasteiger charge is -2.32. The molecule has 2 amide bonds. The van der Waals surface area contributed by atoms with Crippen molar-refractivity contribution in [2.45, 2.75) is 71.0 Å². The molecule has 0 heterocycles. The van der Waals surface area contributed by atoms with Crippen LogP contribution in [0.3, 0.4) is 0 Å². The van der Waals surface area contributed by atoms with Gasteiger partial charge in [-0.15, -0.1) is 0 Å². The van der Waals surface area contributed by atoms with Gasteiger partial charge in [0.1, 0.15) is 18.4 Å². The molecule has 0 bridgehead atoms. The van der Waals surface area contributed by atoms with Gasteiger partial charge in [-0.2, -0.15) is 0 Å². The van der Waals surface area contributed by atoms with E-state index in [0.29, 0.717) is 5.69 Å². The van der Waals surface area contributed by atoms with Gasteiger partial charge in [-0.25, -0.2) is 12.8 Å². The van der Waals surface area contributed by atoms with Crippen molar-refractivity contribution in [3.8, 4) is 0 Å². The van der Waals surface area contributed by atoms with Crippen molar-refractivity contribution in [3.05, 3.63) is 65.5 Å². The average Bonchev–Trinajstić information content (AvgIpc) is 3.34. The van der Waals surface area contributed by atoms with E-state index in [-0.39, 0.29) is 30.0 Å². The van der Waals surface area contributed by atoms with Gasteiger partial charge in [0.25, 0.3) is 0 Å². The molecule has 1 saturated carbocycles. The second kappa shape index (κ2) is 11.9. The van der Waals surface area contributed by atoms with Crippen LogP contribution in [0.25, 0.3) is 0 Å². The third-order valence-electron chi connectivity index (χ3n) is 6.69. The van der Waals surface area contributed by atoms with Crippen LogP contribution in [0, 0.1) is 5.82 Å². The molecule has 196 valence electrons. The molecular weight excluding hydrogens is 481 g/mol. The number of hydrogen-bond acceptors (Lipinski definition) is 4. The normalized spacial score (nSPS) is 15.1. The second-order valence-electron chi connectivity index (χ2n) is 9.79. The van der Waals surface area contributed by atoms with Gasteiger partial charge in [0.2, 0.25) is 21.8 Å². The van der Waals surface area contributed by atoms with Crippen LogP contribution in [0.4, 0.5) is 10.1 Å². The average molecular weight is 518 g/mol. The van der Waals surface area contributed by atoms with Gasteiger partial charge in [-0.3, -0.25) is 13.9 Å². The molecule has 0 aromatic heterocycles. The molecule has 3 rings (SSSR count). The van der Waals surface area contributed by atoms with Gasteiger partial charge in [-0.1, -0.05) is 57.0 Å². The van der Waals surface area contributed by atoms with E-state index in [1.54, 1.807) is 37.3 Å². The highest BCUT2D eigenvalue weighted by molar-refractivity contribution is 7.92. The quantitative estimate of drug-likeness (QED) is 0.512. The van der Waals surface area contributed by atoms with Crippen LogP contribution in [-0.2, 0) is 26.2 Å². The highest BCUT2D eigenvalue weighted by Gasteiger charge is 2.31. The number of anilines is 1. The molecule has 1 aliphatic carbocycles. The van der Waals surface area contributed by atoms with Crippen LogP contribution in [0.2, 0.25) is 0 Å². The van der Waals surface area contributed by atoms with Crippen LogP contribution in [0.1, 0.15) is 63.5 Å². The standard InChI is InChI=1S/C27H36FN3O4S/c1-19(2)21-13-15-24(16-14-21)31(36(4,34)35)18-26(32)30(17-22-9-5-8-12-25(22)28)20(3)27(33)29-23-10-6-7-11-23/h5,8-9,12-16,19-20,23H,6-7,10-11,17-18H2,1-4H3,(H,29,33). The highest BCUT2D eigenvalue weighted by Crippen LogP contribution is 2.23. The number of halogens is 1. The number of benzene rings is 2. The fourth-order valence-corrected chi connectivity index (χ4v) is 5.27. The van der Waals surface area contributed by atoms with E-state index < -0.39 is 34.3 Å². The van der Waals surface area contributed by atoms with Crippen molar-refractivity contribution in [3.63, 3.8) is 0 Å². The molecule has 1 aliphatic rings. The molecule has 2 aromatic carbocycles. The first kappa shape index (κ1) is 27.6. The third kappa shape index (κ3) is 7.06. The molecule has 9 heteroatoms. The van der Waals surface area contributed by atoms with Crippen molar-refractivity contribution < 1.29 is 22.4 Å². The van der Waals surface area contributed by atoms with Crippen LogP contribution >= 0.6 is 0 Å². The Labute approximate surface area is 213 Å². The summed E-state index contributed by atoms with van der Waals surface area (Å²) in [6.45, 7) is 4.99. The minimum atomic E-state index is -3.81. The molecule has 0 saturated heterocycles. The smallest absolute Gasteiger partial charge is 0.244 e. The van der Waals surface area contributed by atoms with Crippen LogP contribution in [0.15, 0.2) is 48.5 Å². The maximum absolute atomic E-state index is 14.5. The first-order valence-corrected chi connectivity index (χ1v) is 14.2. The summed E-state index contributed by atoms with van der Waals surface area (Å²) in [6.07, 6.45) is 4.88. The maximum Gasteiger partial charge on any atom is 0.244 e. The zero-order valence-electron chi connectivity index (χ0n) is 21.4. The molecule has 1 N–H and O–H groups in total. The lowest BCUT2D eigenvalue weighted by atomic mass is 10.0. The van der Waals surface area contributed by atoms with Crippen LogP contribution in [0.5, 0.6) is 0 Å². The topological polar surface area (TPSA) is 86.8 Å². The number of amides is 2. The summed E-state index contributed by atoms with van der Waals surface area (Å²) in [5.74, 6) is -1.16. The Kier molecular flexibility index (Phi) is 9.11. The van der Waals surface area contributed by atoms with Gasteiger partial charge in [-0.05, 0) is 49.4 Å². The van der Waals surface area contributed by atoms with Crippen molar-refractivity contribution in [2.24, 2.45) is 0 Å². The lowest BCUT2D eigenvalue weighted by Crippen LogP contribution is -2.52. The van der Waals surface area contributed by atoms with Crippen molar-refractivity contribution in [2.75, 3.05) is 17.1 Å². The maximum atomic E-state index is 14.5. The second-order valence-corrected chi connectivity index (χ2v) is 11.7. The zero-order valence-corrected chi connectivity index (χ0v) is 22.2. The van der Waals surface area contributed by atoms with Crippen LogP contribution in [-0.4, -0.2) is 50.0 Å². The summed E-state index contributed by atoms with van der Waals surface area (Å²) in [4.78, 5) is 27.9. The first-order chi connectivity index (χ1) is 17.0. The van der Waals surface area contributed by atoms with Crippen LogP contribution < -0.4 is 9.62 Å². The molecule has 36 heavy (non-hydrogen) atoms. The minimum Gasteiger partial charge on any atom is -0.352 e. The summed E-state index contributed by atoms with van der Waals surface area (Å²) < 4.78 is 40.8. The number of nitrogens with one attached hydrogen (secondary N) is 1. The van der Waals surface area contributed by atoms with E-state index >= 15 is 0 Å². The molecular formula is C27H36FN3O4S. The molecule has 1 unspecified atom stereocenters. The SMILES string of the molecule is CC(C)c1ccc(N(CC(=O)N(Cc2ccccc2F)C(C)C(=O)NC2CCCC2)S(C)(=O)=O)cc1. The van der Waals surface area contributed by atoms with E-state index in [4.69, 9.17) is 0 Å². The largest absolute Gasteiger partial charge is 0.352 e. The number of sulfonamides is 1. The molecule has 1 fully saturated rings. The number of nitrogens with zero attached hydrogens (tertiary/aromatic N) is 2. The first-order valence-electron chi connectivity index (χ1n) is 12.4. The van der Waals surface area contributed by atoms with Gasteiger partial charge in [0, 0.05) is 18.2 Å². The van der Waals surface area contributed by atoms with Gasteiger partial charge >= 0.3 is 0 Å². The van der Waals surface area contributed by atoms with Gasteiger partial charge in [0.15, 0.2) is 0 Å². The number of carbonyl (C=O) groups excluding carboxylic acids is 2. The number of carbonyl (C=O) groups is 2.